The Morgan fingerprint density at radius 1 is 1.36 bits per heavy atom. The van der Waals surface area contributed by atoms with Crippen molar-refractivity contribution in [2.75, 3.05) is 0 Å². The van der Waals surface area contributed by atoms with Crippen LogP contribution in [0.3, 0.4) is 0 Å². The van der Waals surface area contributed by atoms with Gasteiger partial charge in [-0.1, -0.05) is 23.2 Å². The molecule has 0 saturated heterocycles. The summed E-state index contributed by atoms with van der Waals surface area (Å²) >= 11 is 11.1. The third kappa shape index (κ3) is 1.64. The van der Waals surface area contributed by atoms with Crippen LogP contribution in [-0.2, 0) is 0 Å². The van der Waals surface area contributed by atoms with Gasteiger partial charge in [0.1, 0.15) is 17.1 Å². The van der Waals surface area contributed by atoms with E-state index in [9.17, 15) is 4.79 Å². The number of phenolic OH excluding ortho intramolecular Hbond substituents is 1. The van der Waals surface area contributed by atoms with Gasteiger partial charge in [-0.2, -0.15) is 0 Å². The van der Waals surface area contributed by atoms with E-state index in [1.165, 1.54) is 12.1 Å². The highest BCUT2D eigenvalue weighted by Crippen LogP contribution is 2.31. The minimum Gasteiger partial charge on any atom is -0.506 e. The summed E-state index contributed by atoms with van der Waals surface area (Å²) in [5, 5.41) is 9.28. The Kier molecular flexibility index (Phi) is 2.37. The molecular weight excluding hydrogens is 187 g/mol. The SMILES string of the molecule is O=Cc1cc(O)c(Cl)c(Cl)c1. The fourth-order valence-corrected chi connectivity index (χ4v) is 0.995. The fraction of sp³-hybridized carbons (Fsp3) is 0. The van der Waals surface area contributed by atoms with Crippen molar-refractivity contribution in [1.82, 2.24) is 0 Å². The van der Waals surface area contributed by atoms with Crippen LogP contribution in [0.1, 0.15) is 10.4 Å². The van der Waals surface area contributed by atoms with Crippen molar-refractivity contribution in [2.24, 2.45) is 0 Å². The molecule has 0 amide bonds. The lowest BCUT2D eigenvalue weighted by molar-refractivity contribution is 0.112. The lowest BCUT2D eigenvalue weighted by Gasteiger charge is -1.99. The maximum absolute atomic E-state index is 10.2. The fourth-order valence-electron chi connectivity index (χ4n) is 0.663. The second kappa shape index (κ2) is 3.11. The number of aldehydes is 1. The minimum atomic E-state index is -0.179. The molecule has 0 aliphatic heterocycles. The third-order valence-electron chi connectivity index (χ3n) is 1.17. The van der Waals surface area contributed by atoms with Crippen molar-refractivity contribution in [3.8, 4) is 5.75 Å². The molecule has 4 heteroatoms. The highest BCUT2D eigenvalue weighted by Gasteiger charge is 2.04. The van der Waals surface area contributed by atoms with Crippen molar-refractivity contribution >= 4 is 29.5 Å². The van der Waals surface area contributed by atoms with Gasteiger partial charge in [-0.25, -0.2) is 0 Å². The van der Waals surface area contributed by atoms with Crippen molar-refractivity contribution in [3.05, 3.63) is 27.7 Å². The lowest BCUT2D eigenvalue weighted by Crippen LogP contribution is -1.80. The summed E-state index contributed by atoms with van der Waals surface area (Å²) in [5.74, 6) is -0.179. The molecule has 0 radical (unpaired) electrons. The molecule has 0 bridgehead atoms. The van der Waals surface area contributed by atoms with Gasteiger partial charge >= 0.3 is 0 Å². The average Bonchev–Trinajstić information content (AvgIpc) is 1.99. The molecule has 58 valence electrons. The summed E-state index contributed by atoms with van der Waals surface area (Å²) in [6, 6.07) is 2.64. The normalized spacial score (nSPS) is 9.64. The molecule has 0 fully saturated rings. The third-order valence-corrected chi connectivity index (χ3v) is 1.96. The number of aromatic hydroxyl groups is 1. The molecule has 0 saturated carbocycles. The monoisotopic (exact) mass is 190 g/mol. The van der Waals surface area contributed by atoms with E-state index >= 15 is 0 Å². The number of phenols is 1. The number of rotatable bonds is 1. The van der Waals surface area contributed by atoms with Crippen LogP contribution in [0, 0.1) is 0 Å². The van der Waals surface area contributed by atoms with Gasteiger partial charge in [0.15, 0.2) is 0 Å². The molecular formula is C7H4Cl2O2. The van der Waals surface area contributed by atoms with Crippen LogP contribution in [0.5, 0.6) is 5.75 Å². The molecule has 0 aliphatic rings. The number of hydrogen-bond acceptors (Lipinski definition) is 2. The summed E-state index contributed by atoms with van der Waals surface area (Å²) < 4.78 is 0. The van der Waals surface area contributed by atoms with E-state index in [1.807, 2.05) is 0 Å². The Balaban J connectivity index is 3.31. The number of halogens is 2. The summed E-state index contributed by atoms with van der Waals surface area (Å²) in [6.07, 6.45) is 0.585. The Bertz CT molecular complexity index is 273. The molecule has 1 rings (SSSR count). The van der Waals surface area contributed by atoms with Crippen molar-refractivity contribution < 1.29 is 9.90 Å². The van der Waals surface area contributed by atoms with Gasteiger partial charge in [0.2, 0.25) is 0 Å². The van der Waals surface area contributed by atoms with Gasteiger partial charge in [0.25, 0.3) is 0 Å². The van der Waals surface area contributed by atoms with E-state index in [-0.39, 0.29) is 15.8 Å². The first kappa shape index (κ1) is 8.37. The minimum absolute atomic E-state index is 0.0669. The van der Waals surface area contributed by atoms with E-state index in [4.69, 9.17) is 28.3 Å². The standard InChI is InChI=1S/C7H4Cl2O2/c8-5-1-4(3-10)2-6(11)7(5)9/h1-3,11H. The van der Waals surface area contributed by atoms with Gasteiger partial charge in [0.05, 0.1) is 5.02 Å². The van der Waals surface area contributed by atoms with E-state index in [0.717, 1.165) is 0 Å². The number of benzene rings is 1. The van der Waals surface area contributed by atoms with Crippen LogP contribution in [0.15, 0.2) is 12.1 Å². The molecule has 1 aromatic carbocycles. The first-order chi connectivity index (χ1) is 5.15. The van der Waals surface area contributed by atoms with Gasteiger partial charge in [-0.15, -0.1) is 0 Å². The number of hydrogen-bond donors (Lipinski definition) is 1. The Morgan fingerprint density at radius 3 is 2.45 bits per heavy atom. The molecule has 1 aromatic rings. The zero-order valence-electron chi connectivity index (χ0n) is 5.34. The Labute approximate surface area is 73.4 Å². The second-order valence-corrected chi connectivity index (χ2v) is 2.74. The zero-order valence-corrected chi connectivity index (χ0v) is 6.86. The first-order valence-electron chi connectivity index (χ1n) is 2.78. The number of carbonyl (C=O) groups is 1. The summed E-state index contributed by atoms with van der Waals surface area (Å²) in [5.41, 5.74) is 0.303. The molecule has 11 heavy (non-hydrogen) atoms. The van der Waals surface area contributed by atoms with Crippen LogP contribution in [0.25, 0.3) is 0 Å². The van der Waals surface area contributed by atoms with Crippen LogP contribution >= 0.6 is 23.2 Å². The molecule has 0 aliphatic carbocycles. The topological polar surface area (TPSA) is 37.3 Å². The summed E-state index contributed by atoms with van der Waals surface area (Å²) in [6.45, 7) is 0. The molecule has 0 heterocycles. The van der Waals surface area contributed by atoms with Gasteiger partial charge in [-0.3, -0.25) is 4.79 Å². The van der Waals surface area contributed by atoms with Crippen LogP contribution in [-0.4, -0.2) is 11.4 Å². The quantitative estimate of drug-likeness (QED) is 0.692. The Hall–Kier alpha value is -0.730. The molecule has 0 aromatic heterocycles. The average molecular weight is 191 g/mol. The predicted molar refractivity (Wildman–Crippen MR) is 43.5 cm³/mol. The zero-order chi connectivity index (χ0) is 8.43. The maximum Gasteiger partial charge on any atom is 0.150 e. The van der Waals surface area contributed by atoms with Gasteiger partial charge in [-0.05, 0) is 12.1 Å². The van der Waals surface area contributed by atoms with Gasteiger partial charge in [0, 0.05) is 5.56 Å². The van der Waals surface area contributed by atoms with E-state index in [0.29, 0.717) is 11.8 Å². The molecule has 2 nitrogen and oxygen atoms in total. The van der Waals surface area contributed by atoms with Gasteiger partial charge < -0.3 is 5.11 Å². The second-order valence-electron chi connectivity index (χ2n) is 1.95. The van der Waals surface area contributed by atoms with E-state index in [2.05, 4.69) is 0 Å². The van der Waals surface area contributed by atoms with Crippen molar-refractivity contribution in [2.45, 2.75) is 0 Å². The lowest BCUT2D eigenvalue weighted by atomic mass is 10.2. The van der Waals surface area contributed by atoms with E-state index in [1.54, 1.807) is 0 Å². The number of carbonyl (C=O) groups excluding carboxylic acids is 1. The highest BCUT2D eigenvalue weighted by molar-refractivity contribution is 6.43. The summed E-state index contributed by atoms with van der Waals surface area (Å²) in [4.78, 5) is 10.2. The Morgan fingerprint density at radius 2 is 2.00 bits per heavy atom. The first-order valence-corrected chi connectivity index (χ1v) is 3.54. The van der Waals surface area contributed by atoms with Crippen LogP contribution < -0.4 is 0 Å². The van der Waals surface area contributed by atoms with E-state index < -0.39 is 0 Å². The molecule has 0 unspecified atom stereocenters. The van der Waals surface area contributed by atoms with Crippen molar-refractivity contribution in [3.63, 3.8) is 0 Å². The highest BCUT2D eigenvalue weighted by atomic mass is 35.5. The van der Waals surface area contributed by atoms with Crippen LogP contribution in [0.2, 0.25) is 10.0 Å². The molecule has 0 spiro atoms. The molecule has 1 N–H and O–H groups in total. The maximum atomic E-state index is 10.2. The van der Waals surface area contributed by atoms with Crippen LogP contribution in [0.4, 0.5) is 0 Å². The summed E-state index contributed by atoms with van der Waals surface area (Å²) in [7, 11) is 0. The predicted octanol–water partition coefficient (Wildman–Crippen LogP) is 2.51. The molecule has 0 atom stereocenters. The smallest absolute Gasteiger partial charge is 0.150 e. The van der Waals surface area contributed by atoms with Crippen molar-refractivity contribution in [1.29, 1.82) is 0 Å². The largest absolute Gasteiger partial charge is 0.506 e.